The molecule has 20 heavy (non-hydrogen) atoms. The standard InChI is InChI=1S/C13H20N4O3/c1-4-17(7-8(2)12(14)16-20)13(19)10-6-15-9(3)5-11(10)18/h5-6,8,20H,4,7H2,1-3H3,(H2,14,16)(H,15,18). The van der Waals surface area contributed by atoms with Gasteiger partial charge in [-0.15, -0.1) is 0 Å². The molecule has 1 aromatic rings. The van der Waals surface area contributed by atoms with Crippen LogP contribution in [0, 0.1) is 12.8 Å². The van der Waals surface area contributed by atoms with Gasteiger partial charge in [0.15, 0.2) is 5.43 Å². The van der Waals surface area contributed by atoms with Crippen LogP contribution >= 0.6 is 0 Å². The number of nitrogens with zero attached hydrogens (tertiary/aromatic N) is 2. The summed E-state index contributed by atoms with van der Waals surface area (Å²) in [6.45, 7) is 5.99. The minimum absolute atomic E-state index is 0.0501. The Morgan fingerprint density at radius 3 is 2.75 bits per heavy atom. The van der Waals surface area contributed by atoms with Gasteiger partial charge in [-0.3, -0.25) is 9.59 Å². The van der Waals surface area contributed by atoms with E-state index in [0.29, 0.717) is 12.2 Å². The molecule has 4 N–H and O–H groups in total. The van der Waals surface area contributed by atoms with Crippen molar-refractivity contribution in [2.45, 2.75) is 20.8 Å². The van der Waals surface area contributed by atoms with Crippen LogP contribution in [0.25, 0.3) is 0 Å². The molecule has 0 aliphatic rings. The lowest BCUT2D eigenvalue weighted by Gasteiger charge is -2.23. The molecule has 1 unspecified atom stereocenters. The lowest BCUT2D eigenvalue weighted by molar-refractivity contribution is 0.0752. The van der Waals surface area contributed by atoms with Gasteiger partial charge in [-0.2, -0.15) is 0 Å². The van der Waals surface area contributed by atoms with Gasteiger partial charge in [-0.05, 0) is 13.8 Å². The van der Waals surface area contributed by atoms with E-state index in [9.17, 15) is 9.59 Å². The Morgan fingerprint density at radius 1 is 1.60 bits per heavy atom. The quantitative estimate of drug-likeness (QED) is 0.316. The van der Waals surface area contributed by atoms with Gasteiger partial charge >= 0.3 is 0 Å². The van der Waals surface area contributed by atoms with Crippen molar-refractivity contribution in [1.29, 1.82) is 0 Å². The number of H-pyrrole nitrogens is 1. The summed E-state index contributed by atoms with van der Waals surface area (Å²) in [7, 11) is 0. The minimum Gasteiger partial charge on any atom is -0.409 e. The SMILES string of the molecule is CCN(CC(C)C(N)=NO)C(=O)c1c[nH]c(C)cc1=O. The Hall–Kier alpha value is -2.31. The van der Waals surface area contributed by atoms with Crippen LogP contribution in [0.1, 0.15) is 29.9 Å². The predicted molar refractivity (Wildman–Crippen MR) is 76.0 cm³/mol. The molecule has 110 valence electrons. The van der Waals surface area contributed by atoms with Gasteiger partial charge < -0.3 is 20.8 Å². The van der Waals surface area contributed by atoms with E-state index in [-0.39, 0.29) is 35.2 Å². The summed E-state index contributed by atoms with van der Waals surface area (Å²) in [4.78, 5) is 28.5. The number of aryl methyl sites for hydroxylation is 1. The molecule has 0 fully saturated rings. The van der Waals surface area contributed by atoms with Crippen molar-refractivity contribution in [3.05, 3.63) is 33.7 Å². The van der Waals surface area contributed by atoms with Crippen LogP contribution in [0.5, 0.6) is 0 Å². The number of hydrogen-bond donors (Lipinski definition) is 3. The summed E-state index contributed by atoms with van der Waals surface area (Å²) in [6, 6.07) is 1.38. The van der Waals surface area contributed by atoms with Gasteiger partial charge in [0.1, 0.15) is 11.4 Å². The largest absolute Gasteiger partial charge is 0.409 e. The summed E-state index contributed by atoms with van der Waals surface area (Å²) in [5.74, 6) is -0.617. The number of carbonyl (C=O) groups excluding carboxylic acids is 1. The zero-order valence-electron chi connectivity index (χ0n) is 11.9. The van der Waals surface area contributed by atoms with E-state index in [1.807, 2.05) is 0 Å². The normalized spacial score (nSPS) is 13.1. The van der Waals surface area contributed by atoms with Crippen molar-refractivity contribution in [2.75, 3.05) is 13.1 Å². The molecule has 1 amide bonds. The van der Waals surface area contributed by atoms with Crippen LogP contribution in [0.15, 0.2) is 22.2 Å². The van der Waals surface area contributed by atoms with Crippen molar-refractivity contribution >= 4 is 11.7 Å². The zero-order valence-corrected chi connectivity index (χ0v) is 11.9. The third-order valence-corrected chi connectivity index (χ3v) is 3.07. The fraction of sp³-hybridized carbons (Fsp3) is 0.462. The second-order valence-corrected chi connectivity index (χ2v) is 4.66. The Kier molecular flexibility index (Phi) is 5.31. The van der Waals surface area contributed by atoms with Crippen LogP contribution in [-0.4, -0.2) is 39.9 Å². The van der Waals surface area contributed by atoms with Gasteiger partial charge in [0.25, 0.3) is 5.91 Å². The van der Waals surface area contributed by atoms with Crippen LogP contribution in [0.4, 0.5) is 0 Å². The highest BCUT2D eigenvalue weighted by Crippen LogP contribution is 2.05. The van der Waals surface area contributed by atoms with Crippen molar-refractivity contribution in [1.82, 2.24) is 9.88 Å². The highest BCUT2D eigenvalue weighted by molar-refractivity contribution is 5.94. The first-order chi connectivity index (χ1) is 9.40. The molecule has 0 radical (unpaired) electrons. The fourth-order valence-corrected chi connectivity index (χ4v) is 1.79. The summed E-state index contributed by atoms with van der Waals surface area (Å²) in [6.07, 6.45) is 1.41. The molecular weight excluding hydrogens is 260 g/mol. The van der Waals surface area contributed by atoms with Gasteiger partial charge in [0, 0.05) is 37.0 Å². The smallest absolute Gasteiger partial charge is 0.259 e. The lowest BCUT2D eigenvalue weighted by Crippen LogP contribution is -2.40. The number of aromatic nitrogens is 1. The zero-order chi connectivity index (χ0) is 15.3. The predicted octanol–water partition coefficient (Wildman–Crippen LogP) is 0.528. The molecule has 0 spiro atoms. The molecular formula is C13H20N4O3. The van der Waals surface area contributed by atoms with Gasteiger partial charge in [0.05, 0.1) is 0 Å². The van der Waals surface area contributed by atoms with Crippen molar-refractivity contribution in [3.8, 4) is 0 Å². The van der Waals surface area contributed by atoms with Crippen molar-refractivity contribution in [2.24, 2.45) is 16.8 Å². The maximum atomic E-state index is 12.3. The van der Waals surface area contributed by atoms with Gasteiger partial charge in [-0.25, -0.2) is 0 Å². The summed E-state index contributed by atoms with van der Waals surface area (Å²) in [5, 5.41) is 11.6. The molecule has 0 bridgehead atoms. The number of carbonyl (C=O) groups is 1. The molecule has 0 aliphatic heterocycles. The first kappa shape index (κ1) is 15.7. The maximum Gasteiger partial charge on any atom is 0.259 e. The summed E-state index contributed by atoms with van der Waals surface area (Å²) >= 11 is 0. The number of hydrogen-bond acceptors (Lipinski definition) is 4. The Labute approximate surface area is 117 Å². The third kappa shape index (κ3) is 3.59. The number of nitrogens with two attached hydrogens (primary N) is 1. The van der Waals surface area contributed by atoms with Crippen LogP contribution < -0.4 is 11.2 Å². The Balaban J connectivity index is 2.95. The van der Waals surface area contributed by atoms with Gasteiger partial charge in [-0.1, -0.05) is 12.1 Å². The number of amides is 1. The maximum absolute atomic E-state index is 12.3. The topological polar surface area (TPSA) is 112 Å². The third-order valence-electron chi connectivity index (χ3n) is 3.07. The van der Waals surface area contributed by atoms with Crippen LogP contribution in [0.3, 0.4) is 0 Å². The van der Waals surface area contributed by atoms with E-state index in [0.717, 1.165) is 0 Å². The fourth-order valence-electron chi connectivity index (χ4n) is 1.79. The van der Waals surface area contributed by atoms with E-state index < -0.39 is 0 Å². The van der Waals surface area contributed by atoms with Gasteiger partial charge in [0.2, 0.25) is 0 Å². The van der Waals surface area contributed by atoms with Crippen LogP contribution in [-0.2, 0) is 0 Å². The van der Waals surface area contributed by atoms with E-state index in [4.69, 9.17) is 10.9 Å². The number of pyridine rings is 1. The average Bonchev–Trinajstić information content (AvgIpc) is 2.42. The summed E-state index contributed by atoms with van der Waals surface area (Å²) < 4.78 is 0. The van der Waals surface area contributed by atoms with E-state index in [1.54, 1.807) is 20.8 Å². The second-order valence-electron chi connectivity index (χ2n) is 4.66. The second kappa shape index (κ2) is 6.74. The number of nitrogens with one attached hydrogen (secondary N) is 1. The molecule has 1 rings (SSSR count). The number of rotatable bonds is 5. The highest BCUT2D eigenvalue weighted by Gasteiger charge is 2.20. The van der Waals surface area contributed by atoms with E-state index in [2.05, 4.69) is 10.1 Å². The molecule has 0 aliphatic carbocycles. The molecule has 0 aromatic carbocycles. The molecule has 0 saturated heterocycles. The number of aromatic amines is 1. The molecule has 1 aromatic heterocycles. The van der Waals surface area contributed by atoms with E-state index in [1.165, 1.54) is 17.2 Å². The molecule has 0 saturated carbocycles. The highest BCUT2D eigenvalue weighted by atomic mass is 16.4. The van der Waals surface area contributed by atoms with Crippen LogP contribution in [0.2, 0.25) is 0 Å². The number of amidine groups is 1. The average molecular weight is 280 g/mol. The van der Waals surface area contributed by atoms with Crippen molar-refractivity contribution < 1.29 is 10.0 Å². The van der Waals surface area contributed by atoms with E-state index >= 15 is 0 Å². The van der Waals surface area contributed by atoms with Crippen molar-refractivity contribution in [3.63, 3.8) is 0 Å². The lowest BCUT2D eigenvalue weighted by atomic mass is 10.1. The Bertz CT molecular complexity index is 565. The minimum atomic E-state index is -0.369. The Morgan fingerprint density at radius 2 is 2.25 bits per heavy atom. The number of oxime groups is 1. The molecule has 7 heteroatoms. The first-order valence-corrected chi connectivity index (χ1v) is 6.36. The molecule has 1 atom stereocenters. The molecule has 7 nitrogen and oxygen atoms in total. The monoisotopic (exact) mass is 280 g/mol. The first-order valence-electron chi connectivity index (χ1n) is 6.36. The summed E-state index contributed by atoms with van der Waals surface area (Å²) in [5.41, 5.74) is 5.97. The molecule has 1 heterocycles.